The monoisotopic (exact) mass is 741 g/mol. The fourth-order valence-corrected chi connectivity index (χ4v) is 7.89. The van der Waals surface area contributed by atoms with Gasteiger partial charge in [-0.2, -0.15) is 0 Å². The molecular weight excluding hydrogens is 701 g/mol. The Balaban J connectivity index is 0.00000486. The minimum atomic E-state index is -0.735. The Hall–Kier alpha value is -3.71. The van der Waals surface area contributed by atoms with Crippen LogP contribution in [0.25, 0.3) is 0 Å². The smallest absolute Gasteiger partial charge is 0.348 e. The molecule has 2 aromatic heterocycles. The highest BCUT2D eigenvalue weighted by atomic mass is 35.5. The van der Waals surface area contributed by atoms with Crippen LogP contribution in [0, 0.1) is 5.41 Å². The zero-order chi connectivity index (χ0) is 34.4. The number of benzene rings is 2. The van der Waals surface area contributed by atoms with E-state index < -0.39 is 18.1 Å². The first-order chi connectivity index (χ1) is 23.8. The van der Waals surface area contributed by atoms with E-state index in [9.17, 15) is 9.59 Å². The molecule has 5 heterocycles. The Labute approximate surface area is 305 Å². The minimum Gasteiger partial charge on any atom is -0.870 e. The lowest BCUT2D eigenvalue weighted by Crippen LogP contribution is -2.50. The number of pyridine rings is 1. The average molecular weight is 743 g/mol. The van der Waals surface area contributed by atoms with Gasteiger partial charge < -0.3 is 29.3 Å². The number of esters is 2. The van der Waals surface area contributed by atoms with Gasteiger partial charge in [0.15, 0.2) is 23.9 Å². The van der Waals surface area contributed by atoms with E-state index in [4.69, 9.17) is 42.1 Å². The molecule has 2 bridgehead atoms. The number of aromatic nitrogens is 1. The molecule has 0 spiro atoms. The topological polar surface area (TPSA) is 130 Å². The van der Waals surface area contributed by atoms with Crippen LogP contribution in [0.4, 0.5) is 0 Å². The van der Waals surface area contributed by atoms with E-state index >= 15 is 0 Å². The first-order valence-corrected chi connectivity index (χ1v) is 17.9. The summed E-state index contributed by atoms with van der Waals surface area (Å²) in [5.74, 6) is 0.258. The summed E-state index contributed by atoms with van der Waals surface area (Å²) < 4.78 is 23.0. The molecule has 2 aromatic carbocycles. The number of halogens is 2. The number of fused-ring (bicyclic) bond motifs is 3. The van der Waals surface area contributed by atoms with Gasteiger partial charge in [0.05, 0.1) is 20.8 Å². The number of nitrogens with one attached hydrogen (secondary N) is 2. The van der Waals surface area contributed by atoms with Gasteiger partial charge in [0.1, 0.15) is 27.1 Å². The maximum atomic E-state index is 13.6. The number of hydrogen-bond acceptors (Lipinski definition) is 10. The minimum absolute atomic E-state index is 0. The summed E-state index contributed by atoms with van der Waals surface area (Å²) in [6, 6.07) is 17.9. The third-order valence-corrected chi connectivity index (χ3v) is 11.3. The van der Waals surface area contributed by atoms with Gasteiger partial charge in [-0.15, -0.1) is 11.3 Å². The lowest BCUT2D eigenvalue weighted by Gasteiger charge is -2.48. The van der Waals surface area contributed by atoms with E-state index in [-0.39, 0.29) is 23.3 Å². The SMILES string of the molecule is COc1ccc([C@H](Cc2c(Cl)c[nH+]cc2Cl)OC(=O)c2ccc(CNC(C(=O)OCC34CCN(CC3)CC4)c3ccccc3)s2)cc1OC.[OH-]. The van der Waals surface area contributed by atoms with E-state index in [1.54, 1.807) is 44.8 Å². The molecule has 4 aromatic rings. The van der Waals surface area contributed by atoms with E-state index in [2.05, 4.69) is 15.2 Å². The van der Waals surface area contributed by atoms with E-state index in [1.165, 1.54) is 11.3 Å². The molecular formula is C37H41Cl2N3O7S. The van der Waals surface area contributed by atoms with Crippen molar-refractivity contribution in [1.82, 2.24) is 10.2 Å². The molecule has 50 heavy (non-hydrogen) atoms. The highest BCUT2D eigenvalue weighted by Gasteiger charge is 2.41. The molecule has 10 nitrogen and oxygen atoms in total. The molecule has 3 N–H and O–H groups in total. The van der Waals surface area contributed by atoms with Gasteiger partial charge in [-0.25, -0.2) is 14.6 Å². The van der Waals surface area contributed by atoms with Gasteiger partial charge >= 0.3 is 11.9 Å². The number of carbonyl (C=O) groups excluding carboxylic acids is 2. The summed E-state index contributed by atoms with van der Waals surface area (Å²) in [6.45, 7) is 4.02. The first kappa shape index (κ1) is 37.5. The van der Waals surface area contributed by atoms with Crippen LogP contribution < -0.4 is 19.8 Å². The molecule has 7 rings (SSSR count). The maximum Gasteiger partial charge on any atom is 0.348 e. The van der Waals surface area contributed by atoms with Crippen molar-refractivity contribution >= 4 is 46.5 Å². The quantitative estimate of drug-likeness (QED) is 0.140. The van der Waals surface area contributed by atoms with Crippen molar-refractivity contribution < 1.29 is 39.0 Å². The van der Waals surface area contributed by atoms with Gasteiger partial charge in [0.25, 0.3) is 0 Å². The largest absolute Gasteiger partial charge is 0.870 e. The summed E-state index contributed by atoms with van der Waals surface area (Å²) in [6.07, 6.45) is 5.95. The third kappa shape index (κ3) is 8.77. The maximum absolute atomic E-state index is 13.6. The molecule has 3 fully saturated rings. The van der Waals surface area contributed by atoms with Crippen LogP contribution in [0.1, 0.15) is 62.6 Å². The lowest BCUT2D eigenvalue weighted by atomic mass is 9.73. The Morgan fingerprint density at radius 3 is 2.26 bits per heavy atom. The second-order valence-electron chi connectivity index (χ2n) is 12.5. The molecule has 1 unspecified atom stereocenters. The molecule has 3 saturated heterocycles. The summed E-state index contributed by atoms with van der Waals surface area (Å²) in [4.78, 5) is 33.8. The van der Waals surface area contributed by atoms with E-state index in [0.717, 1.165) is 49.3 Å². The summed E-state index contributed by atoms with van der Waals surface area (Å²) in [5.41, 5.74) is 2.23. The zero-order valence-corrected chi connectivity index (χ0v) is 30.3. The van der Waals surface area contributed by atoms with Crippen molar-refractivity contribution in [3.05, 3.63) is 110 Å². The van der Waals surface area contributed by atoms with E-state index in [1.807, 2.05) is 42.5 Å². The number of H-pyrrole nitrogens is 1. The molecule has 3 aliphatic heterocycles. The molecule has 0 radical (unpaired) electrons. The van der Waals surface area contributed by atoms with Crippen LogP contribution in [0.15, 0.2) is 73.1 Å². The van der Waals surface area contributed by atoms with Crippen molar-refractivity contribution in [2.45, 2.75) is 44.4 Å². The lowest BCUT2D eigenvalue weighted by molar-refractivity contribution is -0.377. The third-order valence-electron chi connectivity index (χ3n) is 9.52. The number of piperidine rings is 3. The predicted octanol–water partition coefficient (Wildman–Crippen LogP) is 6.71. The highest BCUT2D eigenvalue weighted by molar-refractivity contribution is 7.13. The Bertz CT molecular complexity index is 1730. The summed E-state index contributed by atoms with van der Waals surface area (Å²) >= 11 is 14.3. The molecule has 3 aliphatic rings. The summed E-state index contributed by atoms with van der Waals surface area (Å²) in [7, 11) is 3.10. The number of hydrogen-bond donors (Lipinski definition) is 1. The normalized spacial score (nSPS) is 19.2. The van der Waals surface area contributed by atoms with Crippen molar-refractivity contribution in [1.29, 1.82) is 0 Å². The predicted molar refractivity (Wildman–Crippen MR) is 190 cm³/mol. The second-order valence-corrected chi connectivity index (χ2v) is 14.5. The van der Waals surface area contributed by atoms with Crippen molar-refractivity contribution in [3.8, 4) is 11.5 Å². The fourth-order valence-electron chi connectivity index (χ4n) is 6.51. The van der Waals surface area contributed by atoms with Crippen LogP contribution in [-0.2, 0) is 27.2 Å². The number of rotatable bonds is 14. The average Bonchev–Trinajstić information content (AvgIpc) is 3.62. The molecule has 2 atom stereocenters. The zero-order valence-electron chi connectivity index (χ0n) is 28.0. The Morgan fingerprint density at radius 1 is 0.920 bits per heavy atom. The van der Waals surface area contributed by atoms with Gasteiger partial charge in [-0.3, -0.25) is 5.32 Å². The Kier molecular flexibility index (Phi) is 12.8. The van der Waals surface area contributed by atoms with Gasteiger partial charge in [0, 0.05) is 28.8 Å². The second kappa shape index (κ2) is 17.0. The van der Waals surface area contributed by atoms with Gasteiger partial charge in [-0.1, -0.05) is 59.6 Å². The highest BCUT2D eigenvalue weighted by Crippen LogP contribution is 2.40. The Morgan fingerprint density at radius 2 is 1.60 bits per heavy atom. The molecule has 13 heteroatoms. The van der Waals surface area contributed by atoms with Crippen LogP contribution in [-0.4, -0.2) is 62.8 Å². The van der Waals surface area contributed by atoms with E-state index in [0.29, 0.717) is 50.7 Å². The number of aromatic amines is 1. The van der Waals surface area contributed by atoms with Crippen LogP contribution >= 0.6 is 34.5 Å². The molecule has 0 saturated carbocycles. The van der Waals surface area contributed by atoms with Crippen LogP contribution in [0.3, 0.4) is 0 Å². The van der Waals surface area contributed by atoms with Crippen LogP contribution in [0.5, 0.6) is 11.5 Å². The number of nitrogens with zero attached hydrogens (tertiary/aromatic N) is 1. The number of thiophene rings is 1. The number of ether oxygens (including phenoxy) is 4. The number of carbonyl (C=O) groups is 2. The molecule has 0 aliphatic carbocycles. The summed E-state index contributed by atoms with van der Waals surface area (Å²) in [5, 5.41) is 4.23. The van der Waals surface area contributed by atoms with Crippen molar-refractivity contribution in [2.24, 2.45) is 5.41 Å². The molecule has 266 valence electrons. The van der Waals surface area contributed by atoms with Crippen molar-refractivity contribution in [3.63, 3.8) is 0 Å². The standard InChI is InChI=1S/C37H39Cl2N3O6S.H2O/c1-45-30-10-8-25(18-32(30)46-2)31(19-27-28(38)21-40-22-29(27)39)48-35(43)33-11-9-26(49-33)20-41-34(24-6-4-3-5-7-24)36(44)47-23-37-12-15-42(16-13-37)17-14-37;/h3-11,18,21-22,31,34,41H,12-17,19-20,23H2,1-2H3;1H2/t31-,34?;/m0./s1. The van der Waals surface area contributed by atoms with Gasteiger partial charge in [0.2, 0.25) is 0 Å². The molecule has 0 amide bonds. The number of methoxy groups -OCH3 is 2. The first-order valence-electron chi connectivity index (χ1n) is 16.3. The van der Waals surface area contributed by atoms with Crippen molar-refractivity contribution in [2.75, 3.05) is 40.5 Å². The fraction of sp³-hybridized carbons (Fsp3) is 0.378. The van der Waals surface area contributed by atoms with Gasteiger partial charge in [-0.05, 0) is 74.3 Å². The van der Waals surface area contributed by atoms with Crippen LogP contribution in [0.2, 0.25) is 10.0 Å².